The van der Waals surface area contributed by atoms with Crippen molar-refractivity contribution in [2.24, 2.45) is 5.73 Å². The first-order valence-corrected chi connectivity index (χ1v) is 7.20. The van der Waals surface area contributed by atoms with Gasteiger partial charge in [-0.15, -0.1) is 0 Å². The first-order chi connectivity index (χ1) is 10.2. The van der Waals surface area contributed by atoms with Crippen molar-refractivity contribution in [1.29, 1.82) is 0 Å². The standard InChI is InChI=1S/C19H19NO/c1-13(21)14-8-10-15(11-9-14)17-5-3-6-18-16(12-20)4-2-7-19(17)18/h2-11,13,21H,12,20H2,1H3/t13-/m1/s1. The summed E-state index contributed by atoms with van der Waals surface area (Å²) in [6.45, 7) is 2.32. The van der Waals surface area contributed by atoms with Crippen LogP contribution in [0, 0.1) is 0 Å². The fourth-order valence-electron chi connectivity index (χ4n) is 2.75. The molecule has 21 heavy (non-hydrogen) atoms. The van der Waals surface area contributed by atoms with Crippen LogP contribution >= 0.6 is 0 Å². The van der Waals surface area contributed by atoms with Crippen LogP contribution in [0.1, 0.15) is 24.2 Å². The van der Waals surface area contributed by atoms with E-state index in [1.807, 2.05) is 12.1 Å². The molecule has 2 heteroatoms. The average Bonchev–Trinajstić information content (AvgIpc) is 2.53. The SMILES string of the molecule is C[C@@H](O)c1ccc(-c2cccc3c(CN)cccc23)cc1. The molecule has 0 saturated heterocycles. The van der Waals surface area contributed by atoms with Gasteiger partial charge in [-0.25, -0.2) is 0 Å². The van der Waals surface area contributed by atoms with Gasteiger partial charge in [-0.1, -0.05) is 60.7 Å². The molecular weight excluding hydrogens is 258 g/mol. The predicted molar refractivity (Wildman–Crippen MR) is 87.9 cm³/mol. The Morgan fingerprint density at radius 2 is 1.57 bits per heavy atom. The maximum absolute atomic E-state index is 9.61. The molecule has 0 unspecified atom stereocenters. The lowest BCUT2D eigenvalue weighted by atomic mass is 9.95. The summed E-state index contributed by atoms with van der Waals surface area (Å²) in [7, 11) is 0. The van der Waals surface area contributed by atoms with Gasteiger partial charge < -0.3 is 10.8 Å². The van der Waals surface area contributed by atoms with Crippen LogP contribution in [0.2, 0.25) is 0 Å². The van der Waals surface area contributed by atoms with Crippen molar-refractivity contribution in [3.63, 3.8) is 0 Å². The largest absolute Gasteiger partial charge is 0.389 e. The molecule has 3 aromatic rings. The van der Waals surface area contributed by atoms with E-state index in [0.29, 0.717) is 6.54 Å². The first-order valence-electron chi connectivity index (χ1n) is 7.20. The summed E-state index contributed by atoms with van der Waals surface area (Å²) in [4.78, 5) is 0. The van der Waals surface area contributed by atoms with Crippen LogP contribution in [0.5, 0.6) is 0 Å². The van der Waals surface area contributed by atoms with Gasteiger partial charge in [-0.3, -0.25) is 0 Å². The van der Waals surface area contributed by atoms with E-state index in [1.54, 1.807) is 6.92 Å². The molecule has 0 spiro atoms. The smallest absolute Gasteiger partial charge is 0.0761 e. The highest BCUT2D eigenvalue weighted by Crippen LogP contribution is 2.31. The van der Waals surface area contributed by atoms with Gasteiger partial charge >= 0.3 is 0 Å². The number of aliphatic hydroxyl groups is 1. The van der Waals surface area contributed by atoms with Crippen LogP contribution in [0.4, 0.5) is 0 Å². The van der Waals surface area contributed by atoms with E-state index in [1.165, 1.54) is 16.3 Å². The second-order valence-corrected chi connectivity index (χ2v) is 5.32. The molecule has 106 valence electrons. The molecule has 3 N–H and O–H groups in total. The molecule has 2 nitrogen and oxygen atoms in total. The number of nitrogens with two attached hydrogens (primary N) is 1. The second-order valence-electron chi connectivity index (χ2n) is 5.32. The van der Waals surface area contributed by atoms with Crippen molar-refractivity contribution in [2.45, 2.75) is 19.6 Å². The van der Waals surface area contributed by atoms with E-state index in [9.17, 15) is 5.11 Å². The number of fused-ring (bicyclic) bond motifs is 1. The number of hydrogen-bond acceptors (Lipinski definition) is 2. The third-order valence-corrected chi connectivity index (χ3v) is 3.94. The summed E-state index contributed by atoms with van der Waals surface area (Å²) in [6, 6.07) is 20.6. The third kappa shape index (κ3) is 2.56. The molecule has 0 aromatic heterocycles. The average molecular weight is 277 g/mol. The van der Waals surface area contributed by atoms with Gasteiger partial charge in [0.25, 0.3) is 0 Å². The van der Waals surface area contributed by atoms with Crippen molar-refractivity contribution in [3.8, 4) is 11.1 Å². The molecule has 0 aliphatic carbocycles. The Balaban J connectivity index is 2.16. The van der Waals surface area contributed by atoms with Crippen molar-refractivity contribution >= 4 is 10.8 Å². The summed E-state index contributed by atoms with van der Waals surface area (Å²) >= 11 is 0. The van der Waals surface area contributed by atoms with Crippen molar-refractivity contribution in [2.75, 3.05) is 0 Å². The van der Waals surface area contributed by atoms with Gasteiger partial charge in [-0.2, -0.15) is 0 Å². The zero-order valence-corrected chi connectivity index (χ0v) is 12.1. The summed E-state index contributed by atoms with van der Waals surface area (Å²) in [5.74, 6) is 0. The minimum absolute atomic E-state index is 0.435. The van der Waals surface area contributed by atoms with Gasteiger partial charge in [-0.05, 0) is 39.9 Å². The Hall–Kier alpha value is -2.16. The minimum atomic E-state index is -0.435. The van der Waals surface area contributed by atoms with Gasteiger partial charge in [0.15, 0.2) is 0 Å². The number of rotatable bonds is 3. The van der Waals surface area contributed by atoms with Crippen molar-refractivity contribution in [1.82, 2.24) is 0 Å². The fraction of sp³-hybridized carbons (Fsp3) is 0.158. The maximum Gasteiger partial charge on any atom is 0.0761 e. The van der Waals surface area contributed by atoms with Gasteiger partial charge in [0.05, 0.1) is 6.10 Å². The van der Waals surface area contributed by atoms with Gasteiger partial charge in [0, 0.05) is 6.54 Å². The summed E-state index contributed by atoms with van der Waals surface area (Å²) in [5, 5.41) is 12.0. The highest BCUT2D eigenvalue weighted by atomic mass is 16.3. The van der Waals surface area contributed by atoms with E-state index in [0.717, 1.165) is 16.7 Å². The highest BCUT2D eigenvalue weighted by Gasteiger charge is 2.07. The van der Waals surface area contributed by atoms with Crippen LogP contribution in [0.15, 0.2) is 60.7 Å². The lowest BCUT2D eigenvalue weighted by molar-refractivity contribution is 0.199. The van der Waals surface area contributed by atoms with E-state index in [4.69, 9.17) is 5.73 Å². The van der Waals surface area contributed by atoms with Crippen LogP contribution in [-0.2, 0) is 6.54 Å². The zero-order valence-electron chi connectivity index (χ0n) is 12.1. The first kappa shape index (κ1) is 13.8. The molecule has 1 atom stereocenters. The lowest BCUT2D eigenvalue weighted by Gasteiger charge is -2.11. The minimum Gasteiger partial charge on any atom is -0.389 e. The normalized spacial score (nSPS) is 12.5. The van der Waals surface area contributed by atoms with Crippen LogP contribution in [0.3, 0.4) is 0 Å². The Bertz CT molecular complexity index is 760. The summed E-state index contributed by atoms with van der Waals surface area (Å²) < 4.78 is 0. The quantitative estimate of drug-likeness (QED) is 0.759. The Morgan fingerprint density at radius 1 is 0.905 bits per heavy atom. The fourth-order valence-corrected chi connectivity index (χ4v) is 2.75. The molecule has 0 bridgehead atoms. The number of hydrogen-bond donors (Lipinski definition) is 2. The summed E-state index contributed by atoms with van der Waals surface area (Å²) in [6.07, 6.45) is -0.435. The van der Waals surface area contributed by atoms with Crippen molar-refractivity contribution < 1.29 is 5.11 Å². The lowest BCUT2D eigenvalue weighted by Crippen LogP contribution is -1.97. The molecule has 0 aliphatic heterocycles. The van der Waals surface area contributed by atoms with E-state index in [2.05, 4.69) is 48.5 Å². The molecule has 0 aliphatic rings. The zero-order chi connectivity index (χ0) is 14.8. The molecule has 3 aromatic carbocycles. The maximum atomic E-state index is 9.61. The summed E-state index contributed by atoms with van der Waals surface area (Å²) in [5.41, 5.74) is 10.3. The van der Waals surface area contributed by atoms with Crippen LogP contribution < -0.4 is 5.73 Å². The second kappa shape index (κ2) is 5.68. The Kier molecular flexibility index (Phi) is 3.74. The van der Waals surface area contributed by atoms with Crippen LogP contribution in [-0.4, -0.2) is 5.11 Å². The molecule has 0 fully saturated rings. The van der Waals surface area contributed by atoms with E-state index >= 15 is 0 Å². The third-order valence-electron chi connectivity index (χ3n) is 3.94. The number of aliphatic hydroxyl groups excluding tert-OH is 1. The van der Waals surface area contributed by atoms with Gasteiger partial charge in [0.1, 0.15) is 0 Å². The Morgan fingerprint density at radius 3 is 2.24 bits per heavy atom. The molecule has 0 amide bonds. The van der Waals surface area contributed by atoms with Crippen LogP contribution in [0.25, 0.3) is 21.9 Å². The molecule has 3 rings (SSSR count). The predicted octanol–water partition coefficient (Wildman–Crippen LogP) is 4.02. The van der Waals surface area contributed by atoms with E-state index < -0.39 is 6.10 Å². The van der Waals surface area contributed by atoms with Crippen molar-refractivity contribution in [3.05, 3.63) is 71.8 Å². The Labute approximate surface area is 124 Å². The molecular formula is C19H19NO. The van der Waals surface area contributed by atoms with E-state index in [-0.39, 0.29) is 0 Å². The molecule has 0 radical (unpaired) electrons. The molecule has 0 heterocycles. The van der Waals surface area contributed by atoms with Gasteiger partial charge in [0.2, 0.25) is 0 Å². The highest BCUT2D eigenvalue weighted by molar-refractivity contribution is 5.98. The monoisotopic (exact) mass is 277 g/mol. The number of benzene rings is 3. The molecule has 0 saturated carbocycles. The topological polar surface area (TPSA) is 46.2 Å².